The highest BCUT2D eigenvalue weighted by atomic mass is 35.5. The molecule has 1 N–H and O–H groups in total. The molecule has 1 heterocycles. The van der Waals surface area contributed by atoms with Crippen molar-refractivity contribution in [2.75, 3.05) is 22.9 Å². The number of carbonyl (C=O) groups excluding carboxylic acids is 1. The molecule has 2 aromatic rings. The Balaban J connectivity index is 1.98. The molecular weight excluding hydrogens is 416 g/mol. The molecule has 0 unspecified atom stereocenters. The first-order chi connectivity index (χ1) is 13.6. The highest BCUT2D eigenvalue weighted by Gasteiger charge is 2.41. The number of ether oxygens (including phenoxy) is 1. The van der Waals surface area contributed by atoms with Gasteiger partial charge in [0.25, 0.3) is 10.0 Å². The number of sulfonamides is 1. The van der Waals surface area contributed by atoms with E-state index in [0.29, 0.717) is 23.6 Å². The van der Waals surface area contributed by atoms with Crippen LogP contribution >= 0.6 is 11.6 Å². The molecule has 2 amide bonds. The third-order valence-electron chi connectivity index (χ3n) is 5.16. The second-order valence-corrected chi connectivity index (χ2v) is 9.13. The van der Waals surface area contributed by atoms with Gasteiger partial charge in [-0.3, -0.25) is 4.90 Å². The van der Waals surface area contributed by atoms with E-state index < -0.39 is 21.7 Å². The van der Waals surface area contributed by atoms with Gasteiger partial charge in [0.15, 0.2) is 0 Å². The van der Waals surface area contributed by atoms with Gasteiger partial charge in [-0.15, -0.1) is 0 Å². The summed E-state index contributed by atoms with van der Waals surface area (Å²) in [6.07, 6.45) is 1.05. The number of fused-ring (bicyclic) bond motifs is 1. The highest BCUT2D eigenvalue weighted by Crippen LogP contribution is 2.38. The van der Waals surface area contributed by atoms with E-state index in [9.17, 15) is 18.3 Å². The number of urea groups is 1. The first-order valence-electron chi connectivity index (χ1n) is 9.21. The lowest BCUT2D eigenvalue weighted by molar-refractivity contribution is -0.0113. The Labute approximate surface area is 175 Å². The first-order valence-corrected chi connectivity index (χ1v) is 11.0. The molecule has 7 nitrogen and oxygen atoms in total. The maximum absolute atomic E-state index is 13.1. The Morgan fingerprint density at radius 3 is 2.31 bits per heavy atom. The van der Waals surface area contributed by atoms with E-state index in [-0.39, 0.29) is 22.9 Å². The summed E-state index contributed by atoms with van der Waals surface area (Å²) in [5, 5.41) is 10.8. The number of hydrogen-bond acceptors (Lipinski definition) is 5. The Morgan fingerprint density at radius 1 is 1.10 bits per heavy atom. The van der Waals surface area contributed by atoms with Crippen molar-refractivity contribution in [3.63, 3.8) is 0 Å². The molecule has 3 rings (SSSR count). The van der Waals surface area contributed by atoms with Gasteiger partial charge in [0, 0.05) is 18.1 Å². The summed E-state index contributed by atoms with van der Waals surface area (Å²) in [7, 11) is -2.61. The van der Waals surface area contributed by atoms with Crippen LogP contribution in [0.15, 0.2) is 47.4 Å². The molecule has 1 aliphatic heterocycles. The topological polar surface area (TPSA) is 87.2 Å². The van der Waals surface area contributed by atoms with E-state index >= 15 is 0 Å². The standard InChI is InChI=1S/C20H23ClN2O5S/c1-4-20(25,5-2)13-28-16-10-11-18-17(12-16)22(3)19(24)23(29(18,26)27)15-8-6-14(21)7-9-15/h6-12,25H,4-5,13H2,1-3H3. The molecule has 0 saturated heterocycles. The van der Waals surface area contributed by atoms with Crippen molar-refractivity contribution in [3.05, 3.63) is 47.5 Å². The third-order valence-corrected chi connectivity index (χ3v) is 7.16. The lowest BCUT2D eigenvalue weighted by Crippen LogP contribution is -2.49. The van der Waals surface area contributed by atoms with Gasteiger partial charge in [-0.1, -0.05) is 25.4 Å². The quantitative estimate of drug-likeness (QED) is 0.735. The number of carbonyl (C=O) groups is 1. The number of aliphatic hydroxyl groups is 1. The number of anilines is 2. The van der Waals surface area contributed by atoms with Crippen LogP contribution in [0.3, 0.4) is 0 Å². The molecule has 156 valence electrons. The SMILES string of the molecule is CCC(O)(CC)COc1ccc2c(c1)N(C)C(=O)N(c1ccc(Cl)cc1)S2(=O)=O. The zero-order valence-corrected chi connectivity index (χ0v) is 18.0. The average molecular weight is 439 g/mol. The van der Waals surface area contributed by atoms with Gasteiger partial charge in [-0.05, 0) is 49.2 Å². The summed E-state index contributed by atoms with van der Waals surface area (Å²) in [4.78, 5) is 14.1. The number of rotatable bonds is 6. The predicted molar refractivity (Wildman–Crippen MR) is 112 cm³/mol. The normalized spacial score (nSPS) is 16.0. The van der Waals surface area contributed by atoms with E-state index in [1.807, 2.05) is 13.8 Å². The van der Waals surface area contributed by atoms with E-state index in [1.165, 1.54) is 54.4 Å². The Morgan fingerprint density at radius 2 is 1.72 bits per heavy atom. The summed E-state index contributed by atoms with van der Waals surface area (Å²) in [5.74, 6) is 0.374. The van der Waals surface area contributed by atoms with Gasteiger partial charge in [0.2, 0.25) is 0 Å². The molecule has 0 atom stereocenters. The third kappa shape index (κ3) is 3.92. The Hall–Kier alpha value is -2.29. The number of amides is 2. The maximum atomic E-state index is 13.1. The average Bonchev–Trinajstić information content (AvgIpc) is 2.71. The van der Waals surface area contributed by atoms with Gasteiger partial charge in [0.05, 0.1) is 17.0 Å². The van der Waals surface area contributed by atoms with E-state index in [2.05, 4.69) is 0 Å². The first kappa shape index (κ1) is 21.4. The molecule has 0 spiro atoms. The summed E-state index contributed by atoms with van der Waals surface area (Å²) in [6.45, 7) is 3.80. The molecule has 0 radical (unpaired) electrons. The zero-order valence-electron chi connectivity index (χ0n) is 16.4. The fourth-order valence-electron chi connectivity index (χ4n) is 3.01. The van der Waals surface area contributed by atoms with Gasteiger partial charge in [-0.2, -0.15) is 4.31 Å². The van der Waals surface area contributed by atoms with Crippen molar-refractivity contribution < 1.29 is 23.1 Å². The van der Waals surface area contributed by atoms with Gasteiger partial charge < -0.3 is 9.84 Å². The molecular formula is C20H23ClN2O5S. The monoisotopic (exact) mass is 438 g/mol. The minimum absolute atomic E-state index is 0.0110. The molecule has 0 bridgehead atoms. The van der Waals surface area contributed by atoms with Crippen LogP contribution in [0.5, 0.6) is 5.75 Å². The summed E-state index contributed by atoms with van der Waals surface area (Å²) in [5.41, 5.74) is -0.544. The van der Waals surface area contributed by atoms with Crippen LogP contribution in [-0.4, -0.2) is 38.8 Å². The highest BCUT2D eigenvalue weighted by molar-refractivity contribution is 7.94. The second kappa shape index (κ2) is 7.85. The van der Waals surface area contributed by atoms with Crippen LogP contribution < -0.4 is 13.9 Å². The number of halogens is 1. The lowest BCUT2D eigenvalue weighted by Gasteiger charge is -2.34. The van der Waals surface area contributed by atoms with Crippen LogP contribution in [0, 0.1) is 0 Å². The fourth-order valence-corrected chi connectivity index (χ4v) is 4.76. The maximum Gasteiger partial charge on any atom is 0.342 e. The Bertz CT molecular complexity index is 1020. The van der Waals surface area contributed by atoms with Gasteiger partial charge in [-0.25, -0.2) is 13.2 Å². The summed E-state index contributed by atoms with van der Waals surface area (Å²) in [6, 6.07) is 9.71. The largest absolute Gasteiger partial charge is 0.491 e. The van der Waals surface area contributed by atoms with E-state index in [1.54, 1.807) is 0 Å². The van der Waals surface area contributed by atoms with E-state index in [0.717, 1.165) is 4.31 Å². The van der Waals surface area contributed by atoms with Crippen LogP contribution in [0.2, 0.25) is 5.02 Å². The summed E-state index contributed by atoms with van der Waals surface area (Å²) >= 11 is 5.87. The van der Waals surface area contributed by atoms with Crippen LogP contribution in [-0.2, 0) is 10.0 Å². The molecule has 2 aromatic carbocycles. The molecule has 9 heteroatoms. The Kier molecular flexibility index (Phi) is 5.80. The number of hydrogen-bond donors (Lipinski definition) is 1. The van der Waals surface area contributed by atoms with E-state index in [4.69, 9.17) is 16.3 Å². The van der Waals surface area contributed by atoms with Crippen LogP contribution in [0.1, 0.15) is 26.7 Å². The van der Waals surface area contributed by atoms with Crippen molar-refractivity contribution >= 4 is 39.0 Å². The van der Waals surface area contributed by atoms with Gasteiger partial charge in [0.1, 0.15) is 17.3 Å². The van der Waals surface area contributed by atoms with Gasteiger partial charge >= 0.3 is 6.03 Å². The van der Waals surface area contributed by atoms with Crippen LogP contribution in [0.25, 0.3) is 0 Å². The van der Waals surface area contributed by atoms with Crippen molar-refractivity contribution in [1.29, 1.82) is 0 Å². The lowest BCUT2D eigenvalue weighted by atomic mass is 9.99. The van der Waals surface area contributed by atoms with Crippen molar-refractivity contribution in [1.82, 2.24) is 0 Å². The second-order valence-electron chi connectivity index (χ2n) is 6.94. The molecule has 1 aliphatic rings. The zero-order chi connectivity index (χ0) is 21.4. The minimum Gasteiger partial charge on any atom is -0.491 e. The molecule has 29 heavy (non-hydrogen) atoms. The molecule has 0 aliphatic carbocycles. The predicted octanol–water partition coefficient (Wildman–Crippen LogP) is 4.04. The summed E-state index contributed by atoms with van der Waals surface area (Å²) < 4.78 is 32.7. The van der Waals surface area contributed by atoms with Crippen LogP contribution in [0.4, 0.5) is 16.2 Å². The molecule has 0 saturated carbocycles. The van der Waals surface area contributed by atoms with Crippen molar-refractivity contribution in [2.24, 2.45) is 0 Å². The molecule has 0 fully saturated rings. The smallest absolute Gasteiger partial charge is 0.342 e. The number of benzene rings is 2. The number of nitrogens with zero attached hydrogens (tertiary/aromatic N) is 2. The minimum atomic E-state index is -4.11. The van der Waals surface area contributed by atoms with Crippen molar-refractivity contribution in [2.45, 2.75) is 37.2 Å². The molecule has 0 aromatic heterocycles. The fraction of sp³-hybridized carbons (Fsp3) is 0.350. The van der Waals surface area contributed by atoms with Crippen molar-refractivity contribution in [3.8, 4) is 5.75 Å².